The van der Waals surface area contributed by atoms with Gasteiger partial charge in [0, 0.05) is 55.1 Å². The Labute approximate surface area is 274 Å². The smallest absolute Gasteiger partial charge is 0.411 e. The van der Waals surface area contributed by atoms with Gasteiger partial charge in [0.05, 0.1) is 22.7 Å². The second-order valence-electron chi connectivity index (χ2n) is 13.9. The summed E-state index contributed by atoms with van der Waals surface area (Å²) in [5, 5.41) is 1.01. The SMILES string of the molecule is CC(C)(C)OC(=O)N1[C@H]([C@@H](C(=O)N2CCN(c3c(-c4ccccc4)cnc4[nH]ccc34)CC2)c2ccc(Cl)c(F)c2)CCC1(C)C. The van der Waals surface area contributed by atoms with Crippen LogP contribution in [0.25, 0.3) is 22.2 Å². The lowest BCUT2D eigenvalue weighted by Gasteiger charge is -2.42. The summed E-state index contributed by atoms with van der Waals surface area (Å²) in [6.45, 7) is 11.6. The molecule has 4 heterocycles. The van der Waals surface area contributed by atoms with Crippen molar-refractivity contribution in [2.24, 2.45) is 0 Å². The van der Waals surface area contributed by atoms with E-state index in [9.17, 15) is 14.0 Å². The normalized spacial score (nSPS) is 19.0. The van der Waals surface area contributed by atoms with Crippen molar-refractivity contribution in [1.29, 1.82) is 0 Å². The second kappa shape index (κ2) is 12.2. The number of aromatic amines is 1. The number of likely N-dealkylation sites (tertiary alicyclic amines) is 1. The van der Waals surface area contributed by atoms with Crippen molar-refractivity contribution in [3.05, 3.63) is 83.4 Å². The van der Waals surface area contributed by atoms with Gasteiger partial charge in [-0.05, 0) is 76.8 Å². The first kappa shape index (κ1) is 31.9. The predicted molar refractivity (Wildman–Crippen MR) is 180 cm³/mol. The van der Waals surface area contributed by atoms with Gasteiger partial charge in [0.15, 0.2) is 0 Å². The molecular weight excluding hydrogens is 605 g/mol. The summed E-state index contributed by atoms with van der Waals surface area (Å²) in [5.41, 5.74) is 3.23. The van der Waals surface area contributed by atoms with Crippen molar-refractivity contribution in [3.8, 4) is 11.1 Å². The number of halogens is 2. The van der Waals surface area contributed by atoms with Crippen LogP contribution in [0.2, 0.25) is 5.02 Å². The van der Waals surface area contributed by atoms with Crippen molar-refractivity contribution in [3.63, 3.8) is 0 Å². The number of nitrogens with one attached hydrogen (secondary N) is 1. The number of amides is 2. The van der Waals surface area contributed by atoms with Crippen LogP contribution in [-0.4, -0.2) is 75.1 Å². The maximum Gasteiger partial charge on any atom is 0.411 e. The summed E-state index contributed by atoms with van der Waals surface area (Å²) in [6.07, 6.45) is 4.58. The molecule has 0 spiro atoms. The number of benzene rings is 2. The average molecular weight is 646 g/mol. The number of hydrogen-bond acceptors (Lipinski definition) is 5. The Hall–Kier alpha value is -4.11. The van der Waals surface area contributed by atoms with Gasteiger partial charge in [-0.25, -0.2) is 14.2 Å². The molecule has 2 aromatic carbocycles. The number of rotatable bonds is 5. The summed E-state index contributed by atoms with van der Waals surface area (Å²) >= 11 is 6.07. The molecule has 2 fully saturated rings. The standard InChI is InChI=1S/C36H41ClFN5O3/c1-35(2,3)46-34(45)43-29(13-15-36(43,4)5)30(24-11-12-27(37)28(38)21-24)33(44)42-19-17-41(18-20-42)31-25-14-16-39-32(25)40-22-26(31)23-9-7-6-8-10-23/h6-12,14,16,21-22,29-30H,13,15,17-20H2,1-5H3,(H,39,40)/t29-,30-/m0/s1. The van der Waals surface area contributed by atoms with E-state index >= 15 is 0 Å². The zero-order valence-corrected chi connectivity index (χ0v) is 27.8. The Balaban J connectivity index is 1.31. The number of carbonyl (C=O) groups excluding carboxylic acids is 2. The van der Waals surface area contributed by atoms with Crippen LogP contribution >= 0.6 is 11.6 Å². The molecular formula is C36H41ClFN5O3. The maximum absolute atomic E-state index is 14.9. The van der Waals surface area contributed by atoms with E-state index in [1.54, 1.807) is 11.0 Å². The molecule has 2 aromatic heterocycles. The van der Waals surface area contributed by atoms with Gasteiger partial charge in [-0.2, -0.15) is 0 Å². The second-order valence-corrected chi connectivity index (χ2v) is 14.3. The third-order valence-corrected chi connectivity index (χ3v) is 9.44. The van der Waals surface area contributed by atoms with Crippen LogP contribution in [0, 0.1) is 5.82 Å². The minimum atomic E-state index is -0.787. The van der Waals surface area contributed by atoms with E-state index in [-0.39, 0.29) is 10.9 Å². The molecule has 10 heteroatoms. The topological polar surface area (TPSA) is 81.8 Å². The van der Waals surface area contributed by atoms with Crippen LogP contribution in [-0.2, 0) is 9.53 Å². The molecule has 2 saturated heterocycles. The number of piperazine rings is 1. The van der Waals surface area contributed by atoms with E-state index < -0.39 is 35.0 Å². The summed E-state index contributed by atoms with van der Waals surface area (Å²) in [4.78, 5) is 42.0. The molecule has 0 aliphatic carbocycles. The van der Waals surface area contributed by atoms with Crippen molar-refractivity contribution >= 4 is 40.3 Å². The highest BCUT2D eigenvalue weighted by atomic mass is 35.5. The van der Waals surface area contributed by atoms with Gasteiger partial charge in [-0.1, -0.05) is 48.0 Å². The molecule has 6 rings (SSSR count). The number of aromatic nitrogens is 2. The van der Waals surface area contributed by atoms with Crippen LogP contribution < -0.4 is 4.90 Å². The first-order valence-electron chi connectivity index (χ1n) is 15.9. The molecule has 1 N–H and O–H groups in total. The van der Waals surface area contributed by atoms with Gasteiger partial charge in [0.2, 0.25) is 5.91 Å². The molecule has 0 saturated carbocycles. The monoisotopic (exact) mass is 645 g/mol. The number of anilines is 1. The Morgan fingerprint density at radius 1 is 1.07 bits per heavy atom. The Bertz CT molecular complexity index is 1740. The molecule has 242 valence electrons. The zero-order chi connectivity index (χ0) is 32.8. The van der Waals surface area contributed by atoms with E-state index in [2.05, 4.69) is 27.0 Å². The van der Waals surface area contributed by atoms with Gasteiger partial charge in [0.1, 0.15) is 17.1 Å². The van der Waals surface area contributed by atoms with Crippen LogP contribution in [0.4, 0.5) is 14.9 Å². The molecule has 2 aliphatic rings. The molecule has 0 unspecified atom stereocenters. The highest BCUT2D eigenvalue weighted by Crippen LogP contribution is 2.43. The molecule has 0 bridgehead atoms. The van der Waals surface area contributed by atoms with E-state index in [4.69, 9.17) is 16.3 Å². The number of pyridine rings is 1. The highest BCUT2D eigenvalue weighted by Gasteiger charge is 2.50. The van der Waals surface area contributed by atoms with Crippen molar-refractivity contribution in [1.82, 2.24) is 19.8 Å². The van der Waals surface area contributed by atoms with E-state index in [1.807, 2.05) is 76.2 Å². The molecule has 2 atom stereocenters. The molecule has 0 radical (unpaired) electrons. The highest BCUT2D eigenvalue weighted by molar-refractivity contribution is 6.30. The van der Waals surface area contributed by atoms with Crippen LogP contribution in [0.5, 0.6) is 0 Å². The fraction of sp³-hybridized carbons (Fsp3) is 0.417. The molecule has 4 aromatic rings. The summed E-state index contributed by atoms with van der Waals surface area (Å²) in [5.74, 6) is -1.52. The molecule has 2 aliphatic heterocycles. The van der Waals surface area contributed by atoms with Gasteiger partial charge in [-0.3, -0.25) is 9.69 Å². The average Bonchev–Trinajstić information content (AvgIpc) is 3.62. The minimum Gasteiger partial charge on any atom is -0.444 e. The lowest BCUT2D eigenvalue weighted by atomic mass is 9.88. The summed E-state index contributed by atoms with van der Waals surface area (Å²) in [6, 6.07) is 16.2. The quantitative estimate of drug-likeness (QED) is 0.241. The zero-order valence-electron chi connectivity index (χ0n) is 27.0. The molecule has 8 nitrogen and oxygen atoms in total. The van der Waals surface area contributed by atoms with Gasteiger partial charge < -0.3 is 19.5 Å². The van der Waals surface area contributed by atoms with Gasteiger partial charge in [0.25, 0.3) is 0 Å². The largest absolute Gasteiger partial charge is 0.444 e. The molecule has 46 heavy (non-hydrogen) atoms. The first-order chi connectivity index (χ1) is 21.8. The fourth-order valence-electron chi connectivity index (χ4n) is 6.95. The number of H-pyrrole nitrogens is 1. The van der Waals surface area contributed by atoms with E-state index in [1.165, 1.54) is 12.1 Å². The third-order valence-electron chi connectivity index (χ3n) is 9.13. The number of carbonyl (C=O) groups is 2. The van der Waals surface area contributed by atoms with Crippen molar-refractivity contribution in [2.75, 3.05) is 31.1 Å². The Morgan fingerprint density at radius 2 is 1.78 bits per heavy atom. The summed E-state index contributed by atoms with van der Waals surface area (Å²) < 4.78 is 20.7. The Kier molecular flexibility index (Phi) is 8.48. The van der Waals surface area contributed by atoms with Crippen LogP contribution in [0.1, 0.15) is 58.9 Å². The Morgan fingerprint density at radius 3 is 2.46 bits per heavy atom. The maximum atomic E-state index is 14.9. The summed E-state index contributed by atoms with van der Waals surface area (Å²) in [7, 11) is 0. The lowest BCUT2D eigenvalue weighted by Crippen LogP contribution is -2.55. The predicted octanol–water partition coefficient (Wildman–Crippen LogP) is 7.63. The first-order valence-corrected chi connectivity index (χ1v) is 16.2. The minimum absolute atomic E-state index is 0.0121. The third kappa shape index (κ3) is 6.17. The lowest BCUT2D eigenvalue weighted by molar-refractivity contribution is -0.134. The van der Waals surface area contributed by atoms with Crippen molar-refractivity contribution < 1.29 is 18.7 Å². The number of fused-ring (bicyclic) bond motifs is 1. The number of nitrogens with zero attached hydrogens (tertiary/aromatic N) is 4. The van der Waals surface area contributed by atoms with Crippen molar-refractivity contribution in [2.45, 2.75) is 70.6 Å². The van der Waals surface area contributed by atoms with E-state index in [0.717, 1.165) is 27.8 Å². The van der Waals surface area contributed by atoms with Crippen LogP contribution in [0.15, 0.2) is 67.0 Å². The van der Waals surface area contributed by atoms with Crippen LogP contribution in [0.3, 0.4) is 0 Å². The molecule has 2 amide bonds. The van der Waals surface area contributed by atoms with Gasteiger partial charge >= 0.3 is 6.09 Å². The number of ether oxygens (including phenoxy) is 1. The fourth-order valence-corrected chi connectivity index (χ4v) is 7.07. The van der Waals surface area contributed by atoms with Gasteiger partial charge in [-0.15, -0.1) is 0 Å². The van der Waals surface area contributed by atoms with E-state index in [0.29, 0.717) is 44.6 Å². The number of hydrogen-bond donors (Lipinski definition) is 1.